The molecular weight excluding hydrogens is 361 g/mol. The monoisotopic (exact) mass is 372 g/mol. The van der Waals surface area contributed by atoms with Crippen molar-refractivity contribution in [2.24, 2.45) is 5.10 Å². The molecule has 0 saturated heterocycles. The summed E-state index contributed by atoms with van der Waals surface area (Å²) in [4.78, 5) is 12.5. The molecule has 0 heterocycles. The largest absolute Gasteiger partial charge is 0.416 e. The average molecular weight is 373 g/mol. The Morgan fingerprint density at radius 3 is 2.33 bits per heavy atom. The average Bonchev–Trinajstić information content (AvgIpc) is 2.54. The third-order valence-electron chi connectivity index (χ3n) is 2.82. The van der Waals surface area contributed by atoms with E-state index in [-0.39, 0.29) is 11.7 Å². The van der Waals surface area contributed by atoms with E-state index in [0.29, 0.717) is 10.6 Å². The molecule has 24 heavy (non-hydrogen) atoms. The summed E-state index contributed by atoms with van der Waals surface area (Å²) >= 11 is 7.08. The number of rotatable bonds is 5. The van der Waals surface area contributed by atoms with Crippen molar-refractivity contribution in [3.05, 3.63) is 64.7 Å². The lowest BCUT2D eigenvalue weighted by molar-refractivity contribution is -0.137. The zero-order valence-electron chi connectivity index (χ0n) is 12.2. The van der Waals surface area contributed by atoms with Crippen molar-refractivity contribution < 1.29 is 18.0 Å². The molecule has 0 saturated carbocycles. The highest BCUT2D eigenvalue weighted by atomic mass is 35.5. The normalized spacial score (nSPS) is 11.7. The van der Waals surface area contributed by atoms with Crippen molar-refractivity contribution >= 4 is 35.5 Å². The highest BCUT2D eigenvalue weighted by Crippen LogP contribution is 2.28. The van der Waals surface area contributed by atoms with E-state index in [1.165, 1.54) is 30.1 Å². The summed E-state index contributed by atoms with van der Waals surface area (Å²) in [6, 6.07) is 11.5. The molecule has 1 N–H and O–H groups in total. The van der Waals surface area contributed by atoms with Gasteiger partial charge in [-0.2, -0.15) is 18.3 Å². The van der Waals surface area contributed by atoms with Gasteiger partial charge in [-0.05, 0) is 42.0 Å². The van der Waals surface area contributed by atoms with Gasteiger partial charge < -0.3 is 0 Å². The fourth-order valence-electron chi connectivity index (χ4n) is 1.65. The van der Waals surface area contributed by atoms with E-state index >= 15 is 0 Å². The van der Waals surface area contributed by atoms with Gasteiger partial charge in [0.2, 0.25) is 5.91 Å². The second-order valence-corrected chi connectivity index (χ2v) is 6.14. The van der Waals surface area contributed by atoms with E-state index in [2.05, 4.69) is 10.5 Å². The summed E-state index contributed by atoms with van der Waals surface area (Å²) in [5, 5.41) is 4.34. The molecule has 2 rings (SSSR count). The van der Waals surface area contributed by atoms with Crippen LogP contribution in [0, 0.1) is 0 Å². The molecule has 2 aromatic rings. The maximum atomic E-state index is 12.4. The third-order valence-corrected chi connectivity index (χ3v) is 4.09. The number of carbonyl (C=O) groups is 1. The molecule has 2 aromatic carbocycles. The number of halogens is 4. The first-order chi connectivity index (χ1) is 11.3. The topological polar surface area (TPSA) is 41.5 Å². The van der Waals surface area contributed by atoms with Crippen LogP contribution in [-0.2, 0) is 11.0 Å². The first-order valence-electron chi connectivity index (χ1n) is 6.72. The number of thioether (sulfide) groups is 1. The maximum absolute atomic E-state index is 12.4. The van der Waals surface area contributed by atoms with Gasteiger partial charge in [-0.3, -0.25) is 4.79 Å². The van der Waals surface area contributed by atoms with Crippen LogP contribution in [0.2, 0.25) is 5.02 Å². The molecule has 0 bridgehead atoms. The number of hydrazone groups is 1. The predicted molar refractivity (Wildman–Crippen MR) is 89.4 cm³/mol. The Hall–Kier alpha value is -1.99. The lowest BCUT2D eigenvalue weighted by Crippen LogP contribution is -2.19. The summed E-state index contributed by atoms with van der Waals surface area (Å²) in [7, 11) is 0. The van der Waals surface area contributed by atoms with Crippen LogP contribution in [0.1, 0.15) is 11.1 Å². The minimum absolute atomic E-state index is 0.159. The second-order valence-electron chi connectivity index (χ2n) is 4.66. The standard InChI is InChI=1S/C16H12ClF3N2OS/c17-13-5-7-14(8-6-13)24-10-15(23)22-21-9-11-1-3-12(4-2-11)16(18,19)20/h1-9H,10H2,(H,22,23)/b21-9-. The number of carbonyl (C=O) groups excluding carboxylic acids is 1. The summed E-state index contributed by atoms with van der Waals surface area (Å²) in [6.07, 6.45) is -3.09. The zero-order chi connectivity index (χ0) is 17.6. The molecule has 0 aliphatic heterocycles. The molecule has 8 heteroatoms. The van der Waals surface area contributed by atoms with Crippen LogP contribution in [0.4, 0.5) is 13.2 Å². The van der Waals surface area contributed by atoms with Gasteiger partial charge in [-0.1, -0.05) is 23.7 Å². The maximum Gasteiger partial charge on any atom is 0.416 e. The smallest absolute Gasteiger partial charge is 0.272 e. The summed E-state index contributed by atoms with van der Waals surface area (Å²) in [5.74, 6) is -0.162. The molecule has 3 nitrogen and oxygen atoms in total. The van der Waals surface area contributed by atoms with Crippen molar-refractivity contribution in [2.45, 2.75) is 11.1 Å². The SMILES string of the molecule is O=C(CSc1ccc(Cl)cc1)N/N=C\c1ccc(C(F)(F)F)cc1. The molecule has 0 atom stereocenters. The van der Waals surface area contributed by atoms with Crippen LogP contribution in [0.25, 0.3) is 0 Å². The summed E-state index contributed by atoms with van der Waals surface area (Å²) in [6.45, 7) is 0. The van der Waals surface area contributed by atoms with E-state index in [1.807, 2.05) is 0 Å². The zero-order valence-corrected chi connectivity index (χ0v) is 13.8. The first kappa shape index (κ1) is 18.4. The summed E-state index contributed by atoms with van der Waals surface area (Å²) in [5.41, 5.74) is 2.04. The number of nitrogens with zero attached hydrogens (tertiary/aromatic N) is 1. The van der Waals surface area contributed by atoms with Gasteiger partial charge >= 0.3 is 6.18 Å². The summed E-state index contributed by atoms with van der Waals surface area (Å²) < 4.78 is 37.3. The van der Waals surface area contributed by atoms with Gasteiger partial charge in [0.05, 0.1) is 17.5 Å². The van der Waals surface area contributed by atoms with E-state index in [1.54, 1.807) is 24.3 Å². The van der Waals surface area contributed by atoms with Gasteiger partial charge in [0.25, 0.3) is 0 Å². The van der Waals surface area contributed by atoms with Gasteiger partial charge in [-0.15, -0.1) is 11.8 Å². The Bertz CT molecular complexity index is 716. The van der Waals surface area contributed by atoms with Crippen LogP contribution in [0.15, 0.2) is 58.5 Å². The van der Waals surface area contributed by atoms with Crippen LogP contribution in [0.3, 0.4) is 0 Å². The molecule has 0 radical (unpaired) electrons. The number of amides is 1. The number of hydrogen-bond donors (Lipinski definition) is 1. The molecule has 0 aromatic heterocycles. The van der Waals surface area contributed by atoms with E-state index in [4.69, 9.17) is 11.6 Å². The van der Waals surface area contributed by atoms with Crippen molar-refractivity contribution in [3.8, 4) is 0 Å². The Morgan fingerprint density at radius 2 is 1.75 bits per heavy atom. The van der Waals surface area contributed by atoms with E-state index in [0.717, 1.165) is 17.0 Å². The Kier molecular flexibility index (Phi) is 6.28. The second kappa shape index (κ2) is 8.21. The van der Waals surface area contributed by atoms with Gasteiger partial charge in [0.15, 0.2) is 0 Å². The highest BCUT2D eigenvalue weighted by molar-refractivity contribution is 8.00. The van der Waals surface area contributed by atoms with Crippen molar-refractivity contribution in [3.63, 3.8) is 0 Å². The van der Waals surface area contributed by atoms with Crippen LogP contribution >= 0.6 is 23.4 Å². The Balaban J connectivity index is 1.80. The number of alkyl halides is 3. The van der Waals surface area contributed by atoms with Crippen molar-refractivity contribution in [2.75, 3.05) is 5.75 Å². The van der Waals surface area contributed by atoms with Crippen LogP contribution in [0.5, 0.6) is 0 Å². The molecular formula is C16H12ClF3N2OS. The predicted octanol–water partition coefficient (Wildman–Crippen LogP) is 4.60. The fraction of sp³-hybridized carbons (Fsp3) is 0.125. The van der Waals surface area contributed by atoms with E-state index < -0.39 is 11.7 Å². The lowest BCUT2D eigenvalue weighted by Gasteiger charge is -2.05. The fourth-order valence-corrected chi connectivity index (χ4v) is 2.47. The molecule has 0 spiro atoms. The van der Waals surface area contributed by atoms with Gasteiger partial charge in [-0.25, -0.2) is 5.43 Å². The Morgan fingerprint density at radius 1 is 1.12 bits per heavy atom. The van der Waals surface area contributed by atoms with Gasteiger partial charge in [0.1, 0.15) is 0 Å². The number of nitrogens with one attached hydrogen (secondary N) is 1. The first-order valence-corrected chi connectivity index (χ1v) is 8.08. The minimum Gasteiger partial charge on any atom is -0.272 e. The number of hydrogen-bond acceptors (Lipinski definition) is 3. The molecule has 0 aliphatic carbocycles. The van der Waals surface area contributed by atoms with Crippen molar-refractivity contribution in [1.82, 2.24) is 5.43 Å². The molecule has 0 unspecified atom stereocenters. The molecule has 1 amide bonds. The third kappa shape index (κ3) is 5.90. The molecule has 0 fully saturated rings. The quantitative estimate of drug-likeness (QED) is 0.473. The van der Waals surface area contributed by atoms with Crippen LogP contribution in [-0.4, -0.2) is 17.9 Å². The van der Waals surface area contributed by atoms with Crippen LogP contribution < -0.4 is 5.43 Å². The highest BCUT2D eigenvalue weighted by Gasteiger charge is 2.29. The lowest BCUT2D eigenvalue weighted by atomic mass is 10.1. The molecule has 0 aliphatic rings. The minimum atomic E-state index is -4.37. The number of benzene rings is 2. The van der Waals surface area contributed by atoms with Crippen molar-refractivity contribution in [1.29, 1.82) is 0 Å². The Labute approximate surface area is 145 Å². The van der Waals surface area contributed by atoms with E-state index in [9.17, 15) is 18.0 Å². The van der Waals surface area contributed by atoms with Gasteiger partial charge in [0, 0.05) is 9.92 Å². The molecule has 126 valence electrons.